The first-order valence-corrected chi connectivity index (χ1v) is 6.61. The molecular weight excluding hydrogens is 270 g/mol. The van der Waals surface area contributed by atoms with E-state index in [1.165, 1.54) is 0 Å². The minimum absolute atomic E-state index is 0.334. The molecule has 0 saturated carbocycles. The Morgan fingerprint density at radius 3 is 2.76 bits per heavy atom. The zero-order chi connectivity index (χ0) is 14.9. The second-order valence-electron chi connectivity index (χ2n) is 4.34. The standard InChI is InChI=1S/C15H17N3O3/c19-14(20)11-21-18-15(16-12-7-3-1-4-8-12)17-13-9-5-2-6-10-13/h1,3-5,7-10H,2,6,11H2,(H,19,20)(H2,16,17,18). The molecule has 0 bridgehead atoms. The quantitative estimate of drug-likeness (QED) is 0.440. The zero-order valence-corrected chi connectivity index (χ0v) is 11.5. The molecule has 1 aliphatic rings. The van der Waals surface area contributed by atoms with Crippen LogP contribution in [-0.4, -0.2) is 23.6 Å². The number of nitrogens with one attached hydrogen (secondary N) is 2. The van der Waals surface area contributed by atoms with E-state index in [0.29, 0.717) is 5.96 Å². The van der Waals surface area contributed by atoms with Gasteiger partial charge in [-0.3, -0.25) is 4.84 Å². The lowest BCUT2D eigenvalue weighted by molar-refractivity contribution is -0.143. The van der Waals surface area contributed by atoms with Crippen molar-refractivity contribution in [2.75, 3.05) is 11.9 Å². The lowest BCUT2D eigenvalue weighted by Gasteiger charge is -2.12. The number of anilines is 1. The van der Waals surface area contributed by atoms with Gasteiger partial charge in [-0.25, -0.2) is 15.3 Å². The molecule has 0 heterocycles. The van der Waals surface area contributed by atoms with Gasteiger partial charge in [0.1, 0.15) is 0 Å². The molecule has 0 atom stereocenters. The number of guanidine groups is 1. The SMILES string of the molecule is O=C(O)CONC(=NC1=CCCC=C1)Nc1ccccc1. The third-order valence-corrected chi connectivity index (χ3v) is 2.62. The first-order chi connectivity index (χ1) is 10.2. The fourth-order valence-corrected chi connectivity index (χ4v) is 1.71. The van der Waals surface area contributed by atoms with Crippen molar-refractivity contribution in [3.05, 3.63) is 54.3 Å². The van der Waals surface area contributed by atoms with Gasteiger partial charge in [0.05, 0.1) is 5.70 Å². The summed E-state index contributed by atoms with van der Waals surface area (Å²) < 4.78 is 0. The molecule has 1 aromatic rings. The number of para-hydroxylation sites is 1. The van der Waals surface area contributed by atoms with E-state index in [9.17, 15) is 4.79 Å². The predicted octanol–water partition coefficient (Wildman–Crippen LogP) is 2.29. The summed E-state index contributed by atoms with van der Waals surface area (Å²) in [7, 11) is 0. The van der Waals surface area contributed by atoms with Crippen LogP contribution in [0.3, 0.4) is 0 Å². The summed E-state index contributed by atoms with van der Waals surface area (Å²) in [5.41, 5.74) is 4.15. The first kappa shape index (κ1) is 14.8. The van der Waals surface area contributed by atoms with Crippen LogP contribution in [0, 0.1) is 0 Å². The van der Waals surface area contributed by atoms with Gasteiger partial charge in [0, 0.05) is 5.69 Å². The van der Waals surface area contributed by atoms with Gasteiger partial charge in [-0.15, -0.1) is 0 Å². The molecule has 0 spiro atoms. The number of hydrogen-bond donors (Lipinski definition) is 3. The van der Waals surface area contributed by atoms with Gasteiger partial charge >= 0.3 is 5.97 Å². The summed E-state index contributed by atoms with van der Waals surface area (Å²) in [4.78, 5) is 19.7. The molecule has 1 aromatic carbocycles. The van der Waals surface area contributed by atoms with Gasteiger partial charge in [-0.1, -0.05) is 30.4 Å². The maximum atomic E-state index is 10.5. The summed E-state index contributed by atoms with van der Waals surface area (Å²) >= 11 is 0. The summed E-state index contributed by atoms with van der Waals surface area (Å²) in [5, 5.41) is 11.6. The third kappa shape index (κ3) is 5.50. The number of nitrogens with zero attached hydrogens (tertiary/aromatic N) is 1. The third-order valence-electron chi connectivity index (χ3n) is 2.62. The Morgan fingerprint density at radius 2 is 2.10 bits per heavy atom. The molecular formula is C15H17N3O3. The zero-order valence-electron chi connectivity index (χ0n) is 11.5. The van der Waals surface area contributed by atoms with Crippen LogP contribution < -0.4 is 10.8 Å². The highest BCUT2D eigenvalue weighted by atomic mass is 16.7. The molecule has 2 rings (SSSR count). The van der Waals surface area contributed by atoms with E-state index >= 15 is 0 Å². The van der Waals surface area contributed by atoms with Crippen LogP contribution in [-0.2, 0) is 9.63 Å². The molecule has 0 saturated heterocycles. The van der Waals surface area contributed by atoms with E-state index in [0.717, 1.165) is 24.2 Å². The van der Waals surface area contributed by atoms with Crippen LogP contribution >= 0.6 is 0 Å². The summed E-state index contributed by atoms with van der Waals surface area (Å²) in [6.07, 6.45) is 7.89. The molecule has 0 fully saturated rings. The minimum Gasteiger partial charge on any atom is -0.479 e. The fourth-order valence-electron chi connectivity index (χ4n) is 1.71. The molecule has 0 unspecified atom stereocenters. The van der Waals surface area contributed by atoms with Crippen LogP contribution in [0.15, 0.2) is 59.2 Å². The van der Waals surface area contributed by atoms with Gasteiger partial charge in [-0.05, 0) is 31.1 Å². The highest BCUT2D eigenvalue weighted by molar-refractivity contribution is 5.93. The Balaban J connectivity index is 2.05. The molecule has 0 aromatic heterocycles. The van der Waals surface area contributed by atoms with Crippen LogP contribution in [0.1, 0.15) is 12.8 Å². The maximum Gasteiger partial charge on any atom is 0.332 e. The molecule has 110 valence electrons. The predicted molar refractivity (Wildman–Crippen MR) is 80.7 cm³/mol. The van der Waals surface area contributed by atoms with Gasteiger partial charge in [0.25, 0.3) is 0 Å². The smallest absolute Gasteiger partial charge is 0.332 e. The number of aliphatic imine (C=N–C) groups is 1. The fraction of sp³-hybridized carbons (Fsp3) is 0.200. The van der Waals surface area contributed by atoms with Crippen molar-refractivity contribution >= 4 is 17.6 Å². The van der Waals surface area contributed by atoms with Crippen LogP contribution in [0.5, 0.6) is 0 Å². The summed E-state index contributed by atoms with van der Waals surface area (Å²) in [5.74, 6) is -0.724. The Morgan fingerprint density at radius 1 is 1.29 bits per heavy atom. The molecule has 6 heteroatoms. The highest BCUT2D eigenvalue weighted by Crippen LogP contribution is 2.11. The van der Waals surface area contributed by atoms with E-state index in [4.69, 9.17) is 9.94 Å². The Hall–Kier alpha value is -2.60. The summed E-state index contributed by atoms with van der Waals surface area (Å²) in [6.45, 7) is -0.454. The van der Waals surface area contributed by atoms with Crippen molar-refractivity contribution in [1.29, 1.82) is 0 Å². The molecule has 3 N–H and O–H groups in total. The van der Waals surface area contributed by atoms with Gasteiger partial charge < -0.3 is 10.4 Å². The van der Waals surface area contributed by atoms with E-state index < -0.39 is 12.6 Å². The molecule has 6 nitrogen and oxygen atoms in total. The molecule has 0 radical (unpaired) electrons. The summed E-state index contributed by atoms with van der Waals surface area (Å²) in [6, 6.07) is 9.43. The second-order valence-corrected chi connectivity index (χ2v) is 4.34. The van der Waals surface area contributed by atoms with Gasteiger partial charge in [0.2, 0.25) is 5.96 Å². The Labute approximate surface area is 122 Å². The maximum absolute atomic E-state index is 10.5. The molecule has 0 amide bonds. The minimum atomic E-state index is -1.06. The van der Waals surface area contributed by atoms with E-state index in [1.54, 1.807) is 0 Å². The average Bonchev–Trinajstić information content (AvgIpc) is 2.49. The van der Waals surface area contributed by atoms with Crippen molar-refractivity contribution in [3.63, 3.8) is 0 Å². The monoisotopic (exact) mass is 287 g/mol. The molecule has 21 heavy (non-hydrogen) atoms. The van der Waals surface area contributed by atoms with Crippen molar-refractivity contribution in [2.45, 2.75) is 12.8 Å². The van der Waals surface area contributed by atoms with Crippen molar-refractivity contribution in [2.24, 2.45) is 4.99 Å². The number of allylic oxidation sites excluding steroid dienone is 3. The number of rotatable bonds is 5. The lowest BCUT2D eigenvalue weighted by Crippen LogP contribution is -2.32. The number of hydroxylamine groups is 1. The second kappa shape index (κ2) is 7.86. The topological polar surface area (TPSA) is 83.0 Å². The van der Waals surface area contributed by atoms with Crippen molar-refractivity contribution in [3.8, 4) is 0 Å². The molecule has 0 aliphatic heterocycles. The van der Waals surface area contributed by atoms with Gasteiger partial charge in [0.15, 0.2) is 6.61 Å². The number of carboxylic acid groups (broad SMARTS) is 1. The van der Waals surface area contributed by atoms with Crippen molar-refractivity contribution < 1.29 is 14.7 Å². The van der Waals surface area contributed by atoms with E-state index in [2.05, 4.69) is 15.8 Å². The largest absolute Gasteiger partial charge is 0.479 e. The Bertz CT molecular complexity index is 565. The number of carboxylic acids is 1. The van der Waals surface area contributed by atoms with Crippen LogP contribution in [0.25, 0.3) is 0 Å². The lowest BCUT2D eigenvalue weighted by atomic mass is 10.1. The van der Waals surface area contributed by atoms with Crippen LogP contribution in [0.2, 0.25) is 0 Å². The highest BCUT2D eigenvalue weighted by Gasteiger charge is 2.04. The number of carbonyl (C=O) groups is 1. The number of aliphatic carboxylic acids is 1. The molecule has 1 aliphatic carbocycles. The van der Waals surface area contributed by atoms with Gasteiger partial charge in [-0.2, -0.15) is 0 Å². The van der Waals surface area contributed by atoms with E-state index in [-0.39, 0.29) is 0 Å². The number of hydrogen-bond acceptors (Lipinski definition) is 3. The first-order valence-electron chi connectivity index (χ1n) is 6.61. The Kier molecular flexibility index (Phi) is 5.54. The van der Waals surface area contributed by atoms with Crippen LogP contribution in [0.4, 0.5) is 5.69 Å². The van der Waals surface area contributed by atoms with E-state index in [1.807, 2.05) is 48.6 Å². The normalized spacial score (nSPS) is 14.5. The average molecular weight is 287 g/mol. The number of benzene rings is 1. The van der Waals surface area contributed by atoms with Crippen molar-refractivity contribution in [1.82, 2.24) is 5.48 Å².